The molecule has 0 bridgehead atoms. The minimum Gasteiger partial charge on any atom is -0.351 e. The summed E-state index contributed by atoms with van der Waals surface area (Å²) in [5.41, 5.74) is 2.74. The van der Waals surface area contributed by atoms with Crippen molar-refractivity contribution in [3.05, 3.63) is 93.7 Å². The largest absolute Gasteiger partial charge is 0.351 e. The molecule has 4 rings (SSSR count). The Morgan fingerprint density at radius 3 is 2.34 bits per heavy atom. The van der Waals surface area contributed by atoms with Gasteiger partial charge in [0.25, 0.3) is 5.91 Å². The molecule has 1 saturated carbocycles. The number of hydrogen-bond acceptors (Lipinski definition) is 4. The van der Waals surface area contributed by atoms with Gasteiger partial charge < -0.3 is 15.5 Å². The summed E-state index contributed by atoms with van der Waals surface area (Å²) < 4.78 is 0. The summed E-state index contributed by atoms with van der Waals surface area (Å²) in [7, 11) is 0. The summed E-state index contributed by atoms with van der Waals surface area (Å²) >= 11 is 1.32. The Hall–Kier alpha value is -3.45. The second-order valence-electron chi connectivity index (χ2n) is 8.97. The van der Waals surface area contributed by atoms with E-state index in [2.05, 4.69) is 10.6 Å². The van der Waals surface area contributed by atoms with Gasteiger partial charge in [-0.15, -0.1) is 11.3 Å². The van der Waals surface area contributed by atoms with Crippen LogP contribution in [-0.4, -0.2) is 35.2 Å². The fourth-order valence-electron chi connectivity index (χ4n) is 4.43. The molecule has 1 aliphatic rings. The number of aryl methyl sites for hydroxylation is 1. The van der Waals surface area contributed by atoms with E-state index < -0.39 is 6.04 Å². The molecule has 0 saturated heterocycles. The van der Waals surface area contributed by atoms with Gasteiger partial charge in [0.2, 0.25) is 11.8 Å². The number of rotatable bonds is 9. The number of carbonyl (C=O) groups excluding carboxylic acids is 3. The summed E-state index contributed by atoms with van der Waals surface area (Å²) in [6.45, 7) is 2.05. The summed E-state index contributed by atoms with van der Waals surface area (Å²) in [4.78, 5) is 41.8. The fourth-order valence-corrected chi connectivity index (χ4v) is 5.07. The van der Waals surface area contributed by atoms with Crippen LogP contribution in [0.25, 0.3) is 0 Å². The average molecular weight is 490 g/mol. The molecule has 1 aliphatic carbocycles. The van der Waals surface area contributed by atoms with E-state index in [-0.39, 0.29) is 36.9 Å². The van der Waals surface area contributed by atoms with E-state index in [1.54, 1.807) is 17.0 Å². The molecule has 3 amide bonds. The third-order valence-corrected chi connectivity index (χ3v) is 7.18. The number of carbonyl (C=O) groups is 3. The molecule has 182 valence electrons. The number of thiophene rings is 1. The number of hydrogen-bond donors (Lipinski definition) is 2. The summed E-state index contributed by atoms with van der Waals surface area (Å²) in [6.07, 6.45) is 4.11. The van der Waals surface area contributed by atoms with E-state index >= 15 is 0 Å². The molecule has 1 atom stereocenters. The molecule has 35 heavy (non-hydrogen) atoms. The van der Waals surface area contributed by atoms with Gasteiger partial charge in [0.15, 0.2) is 0 Å². The zero-order valence-corrected chi connectivity index (χ0v) is 20.7. The van der Waals surface area contributed by atoms with Gasteiger partial charge >= 0.3 is 0 Å². The van der Waals surface area contributed by atoms with Crippen LogP contribution in [0.3, 0.4) is 0 Å². The van der Waals surface area contributed by atoms with Crippen LogP contribution in [0.2, 0.25) is 0 Å². The Morgan fingerprint density at radius 2 is 1.69 bits per heavy atom. The Morgan fingerprint density at radius 1 is 0.971 bits per heavy atom. The van der Waals surface area contributed by atoms with Crippen molar-refractivity contribution in [2.45, 2.75) is 51.2 Å². The van der Waals surface area contributed by atoms with Crippen LogP contribution in [0.1, 0.15) is 58.1 Å². The zero-order valence-electron chi connectivity index (χ0n) is 19.9. The van der Waals surface area contributed by atoms with Crippen molar-refractivity contribution >= 4 is 29.1 Å². The van der Waals surface area contributed by atoms with Crippen molar-refractivity contribution < 1.29 is 14.4 Å². The summed E-state index contributed by atoms with van der Waals surface area (Å²) in [5.74, 6) is -0.796. The molecule has 6 nitrogen and oxygen atoms in total. The second kappa shape index (κ2) is 11.8. The molecule has 7 heteroatoms. The number of nitrogens with one attached hydrogen (secondary N) is 2. The van der Waals surface area contributed by atoms with E-state index in [0.717, 1.165) is 42.4 Å². The van der Waals surface area contributed by atoms with Crippen molar-refractivity contribution in [1.82, 2.24) is 15.5 Å². The third-order valence-electron chi connectivity index (χ3n) is 6.32. The molecule has 0 radical (unpaired) electrons. The predicted molar refractivity (Wildman–Crippen MR) is 138 cm³/mol. The molecular formula is C28H31N3O3S. The summed E-state index contributed by atoms with van der Waals surface area (Å²) in [6, 6.07) is 20.2. The third kappa shape index (κ3) is 6.57. The van der Waals surface area contributed by atoms with Gasteiger partial charge in [-0.3, -0.25) is 14.4 Å². The van der Waals surface area contributed by atoms with E-state index in [9.17, 15) is 14.4 Å². The fraction of sp³-hybridized carbons (Fsp3) is 0.321. The number of benzene rings is 2. The molecule has 1 unspecified atom stereocenters. The molecule has 1 fully saturated rings. The molecule has 2 N–H and O–H groups in total. The highest BCUT2D eigenvalue weighted by molar-refractivity contribution is 7.12. The first-order valence-electron chi connectivity index (χ1n) is 12.0. The number of amides is 3. The van der Waals surface area contributed by atoms with Crippen LogP contribution in [0.4, 0.5) is 0 Å². The second-order valence-corrected chi connectivity index (χ2v) is 9.92. The minimum absolute atomic E-state index is 0.127. The van der Waals surface area contributed by atoms with Gasteiger partial charge in [-0.1, -0.05) is 79.1 Å². The SMILES string of the molecule is Cc1ccc(C(C(=O)NC2CCCC2)N(Cc2ccccc2)C(=O)CNC(=O)c2cccs2)cc1. The molecule has 2 aromatic carbocycles. The first kappa shape index (κ1) is 24.7. The van der Waals surface area contributed by atoms with Crippen molar-refractivity contribution in [3.8, 4) is 0 Å². The summed E-state index contributed by atoms with van der Waals surface area (Å²) in [5, 5.41) is 7.73. The monoisotopic (exact) mass is 489 g/mol. The molecule has 0 aliphatic heterocycles. The molecule has 1 heterocycles. The van der Waals surface area contributed by atoms with Crippen LogP contribution in [0, 0.1) is 6.92 Å². The van der Waals surface area contributed by atoms with Gasteiger partial charge in [-0.2, -0.15) is 0 Å². The van der Waals surface area contributed by atoms with Crippen LogP contribution >= 0.6 is 11.3 Å². The zero-order chi connectivity index (χ0) is 24.6. The van der Waals surface area contributed by atoms with Crippen LogP contribution in [0.15, 0.2) is 72.1 Å². The van der Waals surface area contributed by atoms with Gasteiger partial charge in [0, 0.05) is 12.6 Å². The van der Waals surface area contributed by atoms with E-state index in [1.165, 1.54) is 11.3 Å². The van der Waals surface area contributed by atoms with E-state index in [0.29, 0.717) is 4.88 Å². The van der Waals surface area contributed by atoms with Gasteiger partial charge in [0.05, 0.1) is 11.4 Å². The maximum Gasteiger partial charge on any atom is 0.261 e. The quantitative estimate of drug-likeness (QED) is 0.461. The maximum absolute atomic E-state index is 13.7. The average Bonchev–Trinajstić information content (AvgIpc) is 3.58. The molecule has 3 aromatic rings. The lowest BCUT2D eigenvalue weighted by molar-refractivity contribution is -0.141. The predicted octanol–water partition coefficient (Wildman–Crippen LogP) is 4.62. The van der Waals surface area contributed by atoms with E-state index in [1.807, 2.05) is 66.9 Å². The highest BCUT2D eigenvalue weighted by Gasteiger charge is 2.33. The Balaban J connectivity index is 1.62. The first-order chi connectivity index (χ1) is 17.0. The van der Waals surface area contributed by atoms with Crippen molar-refractivity contribution in [1.29, 1.82) is 0 Å². The van der Waals surface area contributed by atoms with Crippen LogP contribution < -0.4 is 10.6 Å². The molecule has 0 spiro atoms. The first-order valence-corrected chi connectivity index (χ1v) is 12.9. The highest BCUT2D eigenvalue weighted by Crippen LogP contribution is 2.26. The maximum atomic E-state index is 13.7. The van der Waals surface area contributed by atoms with Gasteiger partial charge in [-0.25, -0.2) is 0 Å². The molecular weight excluding hydrogens is 458 g/mol. The normalized spacial score (nSPS) is 14.3. The lowest BCUT2D eigenvalue weighted by Gasteiger charge is -2.32. The Labute approximate surface area is 210 Å². The van der Waals surface area contributed by atoms with Crippen molar-refractivity contribution in [2.24, 2.45) is 0 Å². The topological polar surface area (TPSA) is 78.5 Å². The molecule has 1 aromatic heterocycles. The minimum atomic E-state index is -0.803. The lowest BCUT2D eigenvalue weighted by Crippen LogP contribution is -2.48. The van der Waals surface area contributed by atoms with E-state index in [4.69, 9.17) is 0 Å². The Kier molecular flexibility index (Phi) is 8.32. The van der Waals surface area contributed by atoms with Gasteiger partial charge in [0.1, 0.15) is 6.04 Å². The van der Waals surface area contributed by atoms with Crippen molar-refractivity contribution in [2.75, 3.05) is 6.54 Å². The van der Waals surface area contributed by atoms with Crippen molar-refractivity contribution in [3.63, 3.8) is 0 Å². The smallest absolute Gasteiger partial charge is 0.261 e. The van der Waals surface area contributed by atoms with Gasteiger partial charge in [-0.05, 0) is 42.3 Å². The number of nitrogens with zero attached hydrogens (tertiary/aromatic N) is 1. The Bertz CT molecular complexity index is 1120. The standard InChI is InChI=1S/C28H31N3O3S/c1-20-13-15-22(16-14-20)26(28(34)30-23-10-5-6-11-23)31(19-21-8-3-2-4-9-21)25(32)18-29-27(33)24-12-7-17-35-24/h2-4,7-9,12-17,23,26H,5-6,10-11,18-19H2,1H3,(H,29,33)(H,30,34). The highest BCUT2D eigenvalue weighted by atomic mass is 32.1. The lowest BCUT2D eigenvalue weighted by atomic mass is 10.0. The van der Waals surface area contributed by atoms with Crippen LogP contribution in [0.5, 0.6) is 0 Å². The van der Waals surface area contributed by atoms with Crippen LogP contribution in [-0.2, 0) is 16.1 Å².